The van der Waals surface area contributed by atoms with Gasteiger partial charge in [-0.2, -0.15) is 9.97 Å². The number of halogens is 1. The fourth-order valence-electron chi connectivity index (χ4n) is 6.55. The summed E-state index contributed by atoms with van der Waals surface area (Å²) < 4.78 is 20.2. The van der Waals surface area contributed by atoms with Gasteiger partial charge in [0.15, 0.2) is 29.0 Å². The molecule has 3 aliphatic heterocycles. The predicted molar refractivity (Wildman–Crippen MR) is 128 cm³/mol. The lowest BCUT2D eigenvalue weighted by molar-refractivity contribution is -0.199. The molecule has 1 aromatic carbocycles. The lowest BCUT2D eigenvalue weighted by Crippen LogP contribution is -2.31. The highest BCUT2D eigenvalue weighted by Crippen LogP contribution is 2.47. The second-order valence-electron chi connectivity index (χ2n) is 10.6. The van der Waals surface area contributed by atoms with Crippen LogP contribution in [0.25, 0.3) is 11.2 Å². The summed E-state index contributed by atoms with van der Waals surface area (Å²) >= 11 is 6.46. The van der Waals surface area contributed by atoms with E-state index in [-0.39, 0.29) is 23.4 Å². The molecule has 0 radical (unpaired) electrons. The third kappa shape index (κ3) is 3.25. The van der Waals surface area contributed by atoms with E-state index in [0.717, 1.165) is 38.2 Å². The van der Waals surface area contributed by atoms with Crippen LogP contribution in [0.15, 0.2) is 30.6 Å². The highest BCUT2D eigenvalue weighted by atomic mass is 35.5. The van der Waals surface area contributed by atoms with Crippen LogP contribution in [-0.2, 0) is 26.0 Å². The molecule has 3 aromatic rings. The largest absolute Gasteiger partial charge is 0.394 e. The SMILES string of the molecule is CC1(C)OC2C(O1)[C@@H](CO)O[C@H]2n1cnc2c(N3CCC4(CCc5ccccc54)C3)nc(Cl)nc21. The van der Waals surface area contributed by atoms with Gasteiger partial charge in [0.2, 0.25) is 5.28 Å². The van der Waals surface area contributed by atoms with Gasteiger partial charge in [0.1, 0.15) is 18.3 Å². The summed E-state index contributed by atoms with van der Waals surface area (Å²) in [5, 5.41) is 10.0. The number of fused-ring (bicyclic) bond motifs is 4. The topological polar surface area (TPSA) is 94.8 Å². The number of hydrogen-bond donors (Lipinski definition) is 1. The van der Waals surface area contributed by atoms with Gasteiger partial charge in [0.05, 0.1) is 12.9 Å². The van der Waals surface area contributed by atoms with Gasteiger partial charge in [0, 0.05) is 18.5 Å². The van der Waals surface area contributed by atoms with Crippen LogP contribution in [0.2, 0.25) is 5.28 Å². The number of aromatic nitrogens is 4. The lowest BCUT2D eigenvalue weighted by Gasteiger charge is -2.26. The number of nitrogens with zero attached hydrogens (tertiary/aromatic N) is 5. The molecule has 2 aromatic heterocycles. The van der Waals surface area contributed by atoms with Gasteiger partial charge < -0.3 is 24.2 Å². The Bertz CT molecular complexity index is 1310. The van der Waals surface area contributed by atoms with Crippen molar-refractivity contribution in [3.05, 3.63) is 47.0 Å². The Morgan fingerprint density at radius 3 is 2.83 bits per heavy atom. The zero-order chi connectivity index (χ0) is 23.9. The molecule has 5 atom stereocenters. The van der Waals surface area contributed by atoms with Gasteiger partial charge in [-0.3, -0.25) is 4.57 Å². The minimum atomic E-state index is -0.763. The van der Waals surface area contributed by atoms with E-state index in [0.29, 0.717) is 11.2 Å². The Morgan fingerprint density at radius 2 is 1.97 bits per heavy atom. The van der Waals surface area contributed by atoms with E-state index in [4.69, 9.17) is 30.8 Å². The van der Waals surface area contributed by atoms with Crippen LogP contribution < -0.4 is 4.90 Å². The fraction of sp³-hybridized carbons (Fsp3) is 0.560. The van der Waals surface area contributed by atoms with E-state index in [9.17, 15) is 5.11 Å². The molecule has 9 nitrogen and oxygen atoms in total. The van der Waals surface area contributed by atoms with Crippen molar-refractivity contribution in [1.82, 2.24) is 19.5 Å². The van der Waals surface area contributed by atoms with E-state index in [1.165, 1.54) is 11.1 Å². The molecule has 3 fully saturated rings. The zero-order valence-corrected chi connectivity index (χ0v) is 20.5. The van der Waals surface area contributed by atoms with Crippen LogP contribution in [0, 0.1) is 0 Å². The minimum Gasteiger partial charge on any atom is -0.394 e. The maximum absolute atomic E-state index is 9.88. The Morgan fingerprint density at radius 1 is 1.14 bits per heavy atom. The average molecular weight is 498 g/mol. The molecule has 3 saturated heterocycles. The van der Waals surface area contributed by atoms with Crippen molar-refractivity contribution in [3.63, 3.8) is 0 Å². The number of rotatable bonds is 3. The number of aliphatic hydroxyl groups excluding tert-OH is 1. The Labute approximate surface area is 208 Å². The van der Waals surface area contributed by atoms with Crippen molar-refractivity contribution in [2.75, 3.05) is 24.6 Å². The van der Waals surface area contributed by atoms with Crippen molar-refractivity contribution in [3.8, 4) is 0 Å². The smallest absolute Gasteiger partial charge is 0.226 e. The normalized spacial score (nSPS) is 33.2. The number of imidazole rings is 1. The van der Waals surface area contributed by atoms with Crippen LogP contribution in [0.3, 0.4) is 0 Å². The zero-order valence-electron chi connectivity index (χ0n) is 19.7. The molecule has 35 heavy (non-hydrogen) atoms. The summed E-state index contributed by atoms with van der Waals surface area (Å²) in [5.74, 6) is -0.0161. The first-order valence-corrected chi connectivity index (χ1v) is 12.6. The Balaban J connectivity index is 1.25. The molecule has 3 unspecified atom stereocenters. The minimum absolute atomic E-state index is 0.139. The molecule has 1 aliphatic carbocycles. The number of hydrogen-bond acceptors (Lipinski definition) is 8. The molecule has 10 heteroatoms. The summed E-state index contributed by atoms with van der Waals surface area (Å²) in [6.45, 7) is 5.32. The van der Waals surface area contributed by atoms with Crippen LogP contribution >= 0.6 is 11.6 Å². The number of aryl methyl sites for hydroxylation is 1. The second-order valence-corrected chi connectivity index (χ2v) is 10.9. The van der Waals surface area contributed by atoms with E-state index < -0.39 is 24.2 Å². The maximum Gasteiger partial charge on any atom is 0.226 e. The number of aliphatic hydroxyl groups is 1. The summed E-state index contributed by atoms with van der Waals surface area (Å²) in [7, 11) is 0. The molecule has 4 aliphatic rings. The molecular formula is C25H28ClN5O4. The first-order valence-electron chi connectivity index (χ1n) is 12.2. The highest BCUT2D eigenvalue weighted by molar-refractivity contribution is 6.28. The van der Waals surface area contributed by atoms with Crippen LogP contribution in [-0.4, -0.2) is 68.4 Å². The summed E-state index contributed by atoms with van der Waals surface area (Å²) in [6, 6.07) is 8.79. The Kier molecular flexibility index (Phi) is 4.76. The first kappa shape index (κ1) is 21.9. The molecule has 0 amide bonds. The number of benzene rings is 1. The van der Waals surface area contributed by atoms with E-state index in [1.54, 1.807) is 6.33 Å². The van der Waals surface area contributed by atoms with Gasteiger partial charge in [-0.05, 0) is 55.8 Å². The van der Waals surface area contributed by atoms with Crippen LogP contribution in [0.5, 0.6) is 0 Å². The van der Waals surface area contributed by atoms with Crippen LogP contribution in [0.1, 0.15) is 44.0 Å². The summed E-state index contributed by atoms with van der Waals surface area (Å²) in [6.07, 6.45) is 3.21. The standard InChI is InChI=1S/C25H28ClN5O4/c1-24(2)34-18-16(11-32)33-22(19(18)35-24)31-13-27-17-20(28-23(26)29-21(17)31)30-10-9-25(12-30)8-7-14-5-3-4-6-15(14)25/h3-6,13,16,18-19,22,32H,7-12H2,1-2H3/t16-,18?,19?,22-,25?/m1/s1. The maximum atomic E-state index is 9.88. The fourth-order valence-corrected chi connectivity index (χ4v) is 6.71. The summed E-state index contributed by atoms with van der Waals surface area (Å²) in [5.41, 5.74) is 4.33. The third-order valence-electron chi connectivity index (χ3n) is 8.07. The van der Waals surface area contributed by atoms with E-state index in [2.05, 4.69) is 39.1 Å². The van der Waals surface area contributed by atoms with Gasteiger partial charge >= 0.3 is 0 Å². The van der Waals surface area contributed by atoms with Crippen molar-refractivity contribution in [1.29, 1.82) is 0 Å². The molecule has 1 N–H and O–H groups in total. The van der Waals surface area contributed by atoms with Crippen molar-refractivity contribution in [2.45, 2.75) is 68.9 Å². The van der Waals surface area contributed by atoms with E-state index >= 15 is 0 Å². The lowest BCUT2D eigenvalue weighted by atomic mass is 9.81. The average Bonchev–Trinajstić information content (AvgIpc) is 3.63. The van der Waals surface area contributed by atoms with Crippen molar-refractivity contribution < 1.29 is 19.3 Å². The number of ether oxygens (including phenoxy) is 3. The second kappa shape index (κ2) is 7.60. The van der Waals surface area contributed by atoms with Crippen LogP contribution in [0.4, 0.5) is 5.82 Å². The van der Waals surface area contributed by atoms with Crippen molar-refractivity contribution in [2.24, 2.45) is 0 Å². The molecule has 0 bridgehead atoms. The molecule has 7 rings (SSSR count). The molecule has 5 heterocycles. The van der Waals surface area contributed by atoms with Gasteiger partial charge in [-0.1, -0.05) is 24.3 Å². The van der Waals surface area contributed by atoms with Gasteiger partial charge in [0.25, 0.3) is 0 Å². The highest BCUT2D eigenvalue weighted by Gasteiger charge is 2.56. The molecule has 0 saturated carbocycles. The molecule has 184 valence electrons. The molecule has 1 spiro atoms. The predicted octanol–water partition coefficient (Wildman–Crippen LogP) is 2.98. The summed E-state index contributed by atoms with van der Waals surface area (Å²) in [4.78, 5) is 16.2. The molecular weight excluding hydrogens is 470 g/mol. The monoisotopic (exact) mass is 497 g/mol. The first-order chi connectivity index (χ1) is 16.9. The Hall–Kier alpha value is -2.30. The van der Waals surface area contributed by atoms with Crippen molar-refractivity contribution >= 4 is 28.6 Å². The van der Waals surface area contributed by atoms with E-state index in [1.807, 2.05) is 18.4 Å². The van der Waals surface area contributed by atoms with Gasteiger partial charge in [-0.25, -0.2) is 4.98 Å². The van der Waals surface area contributed by atoms with Gasteiger partial charge in [-0.15, -0.1) is 0 Å². The quantitative estimate of drug-likeness (QED) is 0.552. The number of anilines is 1. The third-order valence-corrected chi connectivity index (χ3v) is 8.24.